The van der Waals surface area contributed by atoms with Gasteiger partial charge in [-0.25, -0.2) is 0 Å². The van der Waals surface area contributed by atoms with Gasteiger partial charge in [0.1, 0.15) is 23.0 Å². The van der Waals surface area contributed by atoms with Gasteiger partial charge in [-0.1, -0.05) is 31.2 Å². The minimum absolute atomic E-state index is 0.0311. The van der Waals surface area contributed by atoms with E-state index in [2.05, 4.69) is 6.92 Å². The number of carbonyl (C=O) groups excluding carboxylic acids is 1. The summed E-state index contributed by atoms with van der Waals surface area (Å²) in [4.78, 5) is 34.5. The predicted molar refractivity (Wildman–Crippen MR) is 141 cm³/mol. The van der Waals surface area contributed by atoms with Crippen molar-refractivity contribution in [2.24, 2.45) is 5.92 Å². The maximum Gasteiger partial charge on any atom is 0.270 e. The second-order valence-corrected chi connectivity index (χ2v) is 9.20. The Hall–Kier alpha value is -5.05. The number of furan rings is 2. The molecule has 2 aromatic carbocycles. The molecule has 2 aromatic heterocycles. The van der Waals surface area contributed by atoms with Crippen LogP contribution in [0.3, 0.4) is 0 Å². The van der Waals surface area contributed by atoms with Gasteiger partial charge in [0.15, 0.2) is 5.78 Å². The van der Waals surface area contributed by atoms with Gasteiger partial charge < -0.3 is 8.83 Å². The molecule has 1 aliphatic carbocycles. The van der Waals surface area contributed by atoms with E-state index in [1.807, 2.05) is 0 Å². The SMILES string of the molecule is CC1C/C(=C\c2ccc(-c3cccc([N+](=O)[O-])c3)o2)C(=O)/C(=C/c2ccc(-c3cccc([N+](=O)[O-])c3)o2)C1. The van der Waals surface area contributed by atoms with Gasteiger partial charge in [0.05, 0.1) is 9.85 Å². The summed E-state index contributed by atoms with van der Waals surface area (Å²) in [5.41, 5.74) is 2.28. The van der Waals surface area contributed by atoms with Crippen LogP contribution in [0.1, 0.15) is 31.3 Å². The van der Waals surface area contributed by atoms with Gasteiger partial charge in [0.2, 0.25) is 0 Å². The van der Waals surface area contributed by atoms with E-state index >= 15 is 0 Å². The van der Waals surface area contributed by atoms with Gasteiger partial charge >= 0.3 is 0 Å². The number of carbonyl (C=O) groups is 1. The average Bonchev–Trinajstić information content (AvgIpc) is 3.57. The number of rotatable bonds is 6. The largest absolute Gasteiger partial charge is 0.457 e. The van der Waals surface area contributed by atoms with Crippen molar-refractivity contribution in [2.45, 2.75) is 19.8 Å². The number of nitro groups is 2. The van der Waals surface area contributed by atoms with Crippen LogP contribution < -0.4 is 0 Å². The van der Waals surface area contributed by atoms with Gasteiger partial charge in [-0.15, -0.1) is 0 Å². The first-order valence-corrected chi connectivity index (χ1v) is 11.9. The molecule has 9 heteroatoms. The van der Waals surface area contributed by atoms with E-state index in [-0.39, 0.29) is 23.1 Å². The molecule has 1 aliphatic rings. The molecule has 0 bridgehead atoms. The number of Topliss-reactive ketones (excluding diaryl/α,β-unsaturated/α-hetero) is 1. The third kappa shape index (κ3) is 5.22. The smallest absolute Gasteiger partial charge is 0.270 e. The molecule has 0 radical (unpaired) electrons. The zero-order valence-corrected chi connectivity index (χ0v) is 20.3. The van der Waals surface area contributed by atoms with E-state index in [9.17, 15) is 25.0 Å². The lowest BCUT2D eigenvalue weighted by atomic mass is 9.81. The Morgan fingerprint density at radius 2 is 1.18 bits per heavy atom. The molecule has 0 saturated heterocycles. The molecular formula is C29H22N2O7. The van der Waals surface area contributed by atoms with Crippen LogP contribution >= 0.6 is 0 Å². The molecule has 4 aromatic rings. The molecule has 0 spiro atoms. The Balaban J connectivity index is 1.39. The van der Waals surface area contributed by atoms with Gasteiger partial charge in [-0.3, -0.25) is 25.0 Å². The second-order valence-electron chi connectivity index (χ2n) is 9.20. The number of hydrogen-bond donors (Lipinski definition) is 0. The van der Waals surface area contributed by atoms with Crippen molar-refractivity contribution in [2.75, 3.05) is 0 Å². The van der Waals surface area contributed by atoms with E-state index in [0.717, 1.165) is 0 Å². The van der Waals surface area contributed by atoms with E-state index in [1.165, 1.54) is 24.3 Å². The van der Waals surface area contributed by atoms with E-state index in [4.69, 9.17) is 8.83 Å². The molecule has 2 heterocycles. The van der Waals surface area contributed by atoms with Crippen LogP contribution in [0.25, 0.3) is 34.8 Å². The Bertz CT molecular complexity index is 1510. The van der Waals surface area contributed by atoms with Crippen molar-refractivity contribution in [3.63, 3.8) is 0 Å². The van der Waals surface area contributed by atoms with Crippen LogP contribution in [0, 0.1) is 26.1 Å². The van der Waals surface area contributed by atoms with Crippen molar-refractivity contribution >= 4 is 29.3 Å². The highest BCUT2D eigenvalue weighted by Crippen LogP contribution is 2.34. The number of non-ortho nitro benzene ring substituents is 2. The fraction of sp³-hybridized carbons (Fsp3) is 0.138. The quantitative estimate of drug-likeness (QED) is 0.149. The highest BCUT2D eigenvalue weighted by molar-refractivity contribution is 6.13. The summed E-state index contributed by atoms with van der Waals surface area (Å²) in [6, 6.07) is 19.2. The minimum Gasteiger partial charge on any atom is -0.457 e. The molecule has 0 N–H and O–H groups in total. The summed E-state index contributed by atoms with van der Waals surface area (Å²) < 4.78 is 11.8. The summed E-state index contributed by atoms with van der Waals surface area (Å²) in [5.74, 6) is 2.00. The lowest BCUT2D eigenvalue weighted by Gasteiger charge is -2.22. The summed E-state index contributed by atoms with van der Waals surface area (Å²) in [5, 5.41) is 22.2. The second kappa shape index (κ2) is 10.1. The summed E-state index contributed by atoms with van der Waals surface area (Å²) in [6.45, 7) is 2.06. The molecule has 190 valence electrons. The Morgan fingerprint density at radius 1 is 0.737 bits per heavy atom. The summed E-state index contributed by atoms with van der Waals surface area (Å²) in [7, 11) is 0. The van der Waals surface area contributed by atoms with Gasteiger partial charge in [-0.2, -0.15) is 0 Å². The fourth-order valence-corrected chi connectivity index (χ4v) is 4.52. The first-order valence-electron chi connectivity index (χ1n) is 11.9. The minimum atomic E-state index is -0.461. The normalized spacial score (nSPS) is 17.7. The van der Waals surface area contributed by atoms with Gasteiger partial charge in [-0.05, 0) is 55.2 Å². The van der Waals surface area contributed by atoms with Crippen molar-refractivity contribution in [3.05, 3.63) is 116 Å². The fourth-order valence-electron chi connectivity index (χ4n) is 4.52. The molecule has 0 aliphatic heterocycles. The number of nitro benzene ring substituents is 2. The van der Waals surface area contributed by atoms with Gasteiger partial charge in [0.25, 0.3) is 11.4 Å². The van der Waals surface area contributed by atoms with E-state index in [1.54, 1.807) is 60.7 Å². The monoisotopic (exact) mass is 510 g/mol. The molecule has 5 rings (SSSR count). The first-order chi connectivity index (χ1) is 18.3. The third-order valence-electron chi connectivity index (χ3n) is 6.29. The van der Waals surface area contributed by atoms with Crippen LogP contribution in [0.5, 0.6) is 0 Å². The number of hydrogen-bond acceptors (Lipinski definition) is 7. The first kappa shape index (κ1) is 24.6. The molecular weight excluding hydrogens is 488 g/mol. The number of nitrogens with zero attached hydrogens (tertiary/aromatic N) is 2. The molecule has 1 fully saturated rings. The summed E-state index contributed by atoms with van der Waals surface area (Å²) >= 11 is 0. The van der Waals surface area contributed by atoms with Crippen LogP contribution in [-0.4, -0.2) is 15.6 Å². The lowest BCUT2D eigenvalue weighted by Crippen LogP contribution is -2.18. The number of benzene rings is 2. The zero-order valence-electron chi connectivity index (χ0n) is 20.3. The topological polar surface area (TPSA) is 130 Å². The maximum absolute atomic E-state index is 13.3. The predicted octanol–water partition coefficient (Wildman–Crippen LogP) is 7.49. The number of ketones is 1. The van der Waals surface area contributed by atoms with Crippen LogP contribution in [0.15, 0.2) is 92.8 Å². The zero-order chi connectivity index (χ0) is 26.8. The Labute approximate surface area is 217 Å². The standard InChI is InChI=1S/C29H22N2O7/c1-18-12-21(16-25-8-10-27(37-25)19-4-2-6-23(14-19)30(33)34)29(32)22(13-18)17-26-9-11-28(38-26)20-5-3-7-24(15-20)31(35)36/h2-11,14-18H,12-13H2,1H3/b21-16+,22-17+. The molecule has 38 heavy (non-hydrogen) atoms. The van der Waals surface area contributed by atoms with Gasteiger partial charge in [0, 0.05) is 46.5 Å². The van der Waals surface area contributed by atoms with Crippen LogP contribution in [0.2, 0.25) is 0 Å². The number of allylic oxidation sites excluding steroid dienone is 2. The highest BCUT2D eigenvalue weighted by atomic mass is 16.6. The molecule has 1 saturated carbocycles. The van der Waals surface area contributed by atoms with Crippen LogP contribution in [-0.2, 0) is 4.79 Å². The average molecular weight is 511 g/mol. The van der Waals surface area contributed by atoms with Crippen molar-refractivity contribution in [3.8, 4) is 22.6 Å². The van der Waals surface area contributed by atoms with E-state index in [0.29, 0.717) is 58.2 Å². The van der Waals surface area contributed by atoms with Crippen LogP contribution in [0.4, 0.5) is 11.4 Å². The molecule has 9 nitrogen and oxygen atoms in total. The molecule has 0 unspecified atom stereocenters. The molecule has 0 amide bonds. The molecule has 0 atom stereocenters. The Morgan fingerprint density at radius 3 is 1.61 bits per heavy atom. The highest BCUT2D eigenvalue weighted by Gasteiger charge is 2.26. The Kier molecular flexibility index (Phi) is 6.57. The maximum atomic E-state index is 13.3. The summed E-state index contributed by atoms with van der Waals surface area (Å²) in [6.07, 6.45) is 4.59. The van der Waals surface area contributed by atoms with Crippen molar-refractivity contribution in [1.82, 2.24) is 0 Å². The van der Waals surface area contributed by atoms with E-state index < -0.39 is 9.85 Å². The van der Waals surface area contributed by atoms with Crippen molar-refractivity contribution < 1.29 is 23.5 Å². The van der Waals surface area contributed by atoms with Crippen molar-refractivity contribution in [1.29, 1.82) is 0 Å². The third-order valence-corrected chi connectivity index (χ3v) is 6.29. The lowest BCUT2D eigenvalue weighted by molar-refractivity contribution is -0.385.